The van der Waals surface area contributed by atoms with Gasteiger partial charge in [0.2, 0.25) is 0 Å². The summed E-state index contributed by atoms with van der Waals surface area (Å²) in [7, 11) is 0. The molecule has 0 spiro atoms. The average Bonchev–Trinajstić information content (AvgIpc) is 2.26. The molecule has 0 saturated heterocycles. The van der Waals surface area contributed by atoms with Gasteiger partial charge in [-0.15, -0.1) is 0 Å². The Hall–Kier alpha value is -2.10. The molecule has 2 aromatic rings. The van der Waals surface area contributed by atoms with Gasteiger partial charge in [0.15, 0.2) is 0 Å². The highest BCUT2D eigenvalue weighted by Gasteiger charge is 2.01. The molecule has 0 heterocycles. The molecule has 0 unspecified atom stereocenters. The van der Waals surface area contributed by atoms with E-state index in [0.29, 0.717) is 0 Å². The lowest BCUT2D eigenvalue weighted by molar-refractivity contribution is 1.11. The normalized spacial score (nSPS) is 9.22. The van der Waals surface area contributed by atoms with E-state index in [9.17, 15) is 0 Å². The molecule has 0 aliphatic carbocycles. The Balaban J connectivity index is 0.00000144. The number of hydrogen-bond donors (Lipinski definition) is 2. The van der Waals surface area contributed by atoms with Crippen LogP contribution in [0.5, 0.6) is 0 Å². The smallest absolute Gasteiger partial charge is 0.0344 e. The quantitative estimate of drug-likeness (QED) is 0.764. The molecular formula is C14H18F2N2. The predicted octanol–water partition coefficient (Wildman–Crippen LogP) is 3.44. The molecule has 4 heteroatoms. The third-order valence-corrected chi connectivity index (χ3v) is 2.87. The summed E-state index contributed by atoms with van der Waals surface area (Å²) in [4.78, 5) is 0. The van der Waals surface area contributed by atoms with E-state index >= 15 is 0 Å². The highest BCUT2D eigenvalue weighted by atomic mass is 19.0. The van der Waals surface area contributed by atoms with Crippen molar-refractivity contribution in [3.05, 3.63) is 47.5 Å². The van der Waals surface area contributed by atoms with Gasteiger partial charge in [-0.3, -0.25) is 9.41 Å². The summed E-state index contributed by atoms with van der Waals surface area (Å²) in [6.45, 7) is 4.03. The van der Waals surface area contributed by atoms with Crippen molar-refractivity contribution in [3.8, 4) is 11.1 Å². The van der Waals surface area contributed by atoms with Crippen LogP contribution >= 0.6 is 0 Å². The molecule has 18 heavy (non-hydrogen) atoms. The van der Waals surface area contributed by atoms with Crippen molar-refractivity contribution in [3.63, 3.8) is 0 Å². The topological polar surface area (TPSA) is 52.0 Å². The molecule has 0 aliphatic heterocycles. The van der Waals surface area contributed by atoms with Gasteiger partial charge < -0.3 is 11.5 Å². The van der Waals surface area contributed by atoms with E-state index in [2.05, 4.69) is 12.1 Å². The molecule has 0 aromatic heterocycles. The predicted molar refractivity (Wildman–Crippen MR) is 75.2 cm³/mol. The first-order chi connectivity index (χ1) is 7.58. The molecule has 2 rings (SSSR count). The maximum absolute atomic E-state index is 5.80. The summed E-state index contributed by atoms with van der Waals surface area (Å²) in [5.74, 6) is 0. The van der Waals surface area contributed by atoms with Crippen LogP contribution in [-0.2, 0) is 0 Å². The van der Waals surface area contributed by atoms with Crippen molar-refractivity contribution in [1.29, 1.82) is 0 Å². The zero-order valence-corrected chi connectivity index (χ0v) is 10.4. The molecule has 0 aliphatic rings. The number of nitrogen functional groups attached to an aromatic ring is 2. The monoisotopic (exact) mass is 252 g/mol. The number of anilines is 2. The van der Waals surface area contributed by atoms with Crippen LogP contribution in [0.15, 0.2) is 36.4 Å². The van der Waals surface area contributed by atoms with Crippen LogP contribution in [0, 0.1) is 13.8 Å². The van der Waals surface area contributed by atoms with Gasteiger partial charge in [0.1, 0.15) is 0 Å². The Labute approximate surface area is 105 Å². The summed E-state index contributed by atoms with van der Waals surface area (Å²) in [6.07, 6.45) is 0. The summed E-state index contributed by atoms with van der Waals surface area (Å²) in [5.41, 5.74) is 17.8. The van der Waals surface area contributed by atoms with Crippen molar-refractivity contribution in [2.45, 2.75) is 13.8 Å². The van der Waals surface area contributed by atoms with Gasteiger partial charge in [0, 0.05) is 11.4 Å². The van der Waals surface area contributed by atoms with E-state index in [1.54, 1.807) is 0 Å². The van der Waals surface area contributed by atoms with Crippen molar-refractivity contribution < 1.29 is 9.41 Å². The molecule has 0 saturated carbocycles. The number of halogens is 2. The van der Waals surface area contributed by atoms with Crippen LogP contribution in [0.2, 0.25) is 0 Å². The molecule has 2 nitrogen and oxygen atoms in total. The molecular weight excluding hydrogens is 234 g/mol. The second-order valence-electron chi connectivity index (χ2n) is 4.14. The largest absolute Gasteiger partial charge is 0.399 e. The Kier molecular flexibility index (Phi) is 5.30. The van der Waals surface area contributed by atoms with Crippen LogP contribution in [0.1, 0.15) is 11.1 Å². The number of aryl methyl sites for hydroxylation is 2. The lowest BCUT2D eigenvalue weighted by Gasteiger charge is -2.07. The van der Waals surface area contributed by atoms with Crippen LogP contribution in [0.4, 0.5) is 20.8 Å². The minimum Gasteiger partial charge on any atom is -0.399 e. The highest BCUT2D eigenvalue weighted by Crippen LogP contribution is 2.25. The first kappa shape index (κ1) is 15.9. The van der Waals surface area contributed by atoms with Gasteiger partial charge in [-0.2, -0.15) is 0 Å². The van der Waals surface area contributed by atoms with Gasteiger partial charge in [-0.25, -0.2) is 0 Å². The molecule has 0 bridgehead atoms. The zero-order chi connectivity index (χ0) is 11.7. The Bertz CT molecular complexity index is 490. The van der Waals surface area contributed by atoms with Crippen LogP contribution < -0.4 is 11.5 Å². The number of rotatable bonds is 1. The van der Waals surface area contributed by atoms with E-state index in [4.69, 9.17) is 11.5 Å². The van der Waals surface area contributed by atoms with Gasteiger partial charge in [0.25, 0.3) is 0 Å². The highest BCUT2D eigenvalue weighted by molar-refractivity contribution is 5.70. The van der Waals surface area contributed by atoms with Crippen LogP contribution in [0.3, 0.4) is 0 Å². The van der Waals surface area contributed by atoms with Gasteiger partial charge >= 0.3 is 0 Å². The minimum atomic E-state index is 0. The summed E-state index contributed by atoms with van der Waals surface area (Å²) < 4.78 is 0. The number of benzene rings is 2. The Morgan fingerprint density at radius 1 is 0.667 bits per heavy atom. The zero-order valence-electron chi connectivity index (χ0n) is 10.4. The fourth-order valence-corrected chi connectivity index (χ4v) is 1.71. The van der Waals surface area contributed by atoms with E-state index in [1.165, 1.54) is 11.1 Å². The van der Waals surface area contributed by atoms with Crippen molar-refractivity contribution in [1.82, 2.24) is 0 Å². The van der Waals surface area contributed by atoms with Gasteiger partial charge in [-0.1, -0.05) is 12.1 Å². The van der Waals surface area contributed by atoms with E-state index < -0.39 is 0 Å². The standard InChI is InChI=1S/C14H16N2.2FH/c1-9-7-11(3-5-13(9)15)12-4-6-14(16)10(2)8-12;;/h3-8H,15-16H2,1-2H3;2*1H. The first-order valence-corrected chi connectivity index (χ1v) is 5.30. The molecule has 2 aromatic carbocycles. The summed E-state index contributed by atoms with van der Waals surface area (Å²) in [5, 5.41) is 0. The summed E-state index contributed by atoms with van der Waals surface area (Å²) >= 11 is 0. The van der Waals surface area contributed by atoms with E-state index in [1.807, 2.05) is 38.1 Å². The fourth-order valence-electron chi connectivity index (χ4n) is 1.71. The number of nitrogens with two attached hydrogens (primary N) is 2. The SMILES string of the molecule is Cc1cc(-c2ccc(N)c(C)c2)ccc1N.F.F. The van der Waals surface area contributed by atoms with Gasteiger partial charge in [-0.05, 0) is 60.4 Å². The molecule has 0 atom stereocenters. The fraction of sp³-hybridized carbons (Fsp3) is 0.143. The lowest BCUT2D eigenvalue weighted by Crippen LogP contribution is -1.91. The third kappa shape index (κ3) is 2.97. The Morgan fingerprint density at radius 3 is 1.28 bits per heavy atom. The van der Waals surface area contributed by atoms with Gasteiger partial charge in [0.05, 0.1) is 0 Å². The first-order valence-electron chi connectivity index (χ1n) is 5.30. The second-order valence-corrected chi connectivity index (χ2v) is 4.14. The molecule has 0 radical (unpaired) electrons. The van der Waals surface area contributed by atoms with E-state index in [-0.39, 0.29) is 9.41 Å². The lowest BCUT2D eigenvalue weighted by atomic mass is 10.0. The second kappa shape index (κ2) is 6.00. The molecule has 4 N–H and O–H groups in total. The summed E-state index contributed by atoms with van der Waals surface area (Å²) in [6, 6.07) is 12.1. The molecule has 0 fully saturated rings. The maximum Gasteiger partial charge on any atom is 0.0344 e. The number of hydrogen-bond acceptors (Lipinski definition) is 2. The van der Waals surface area contributed by atoms with Crippen molar-refractivity contribution in [2.75, 3.05) is 11.5 Å². The van der Waals surface area contributed by atoms with Crippen LogP contribution in [0.25, 0.3) is 11.1 Å². The van der Waals surface area contributed by atoms with Crippen molar-refractivity contribution in [2.24, 2.45) is 0 Å². The third-order valence-electron chi connectivity index (χ3n) is 2.87. The maximum atomic E-state index is 5.80. The van der Waals surface area contributed by atoms with Crippen molar-refractivity contribution >= 4 is 11.4 Å². The molecule has 0 amide bonds. The minimum absolute atomic E-state index is 0. The Morgan fingerprint density at radius 2 is 1.00 bits per heavy atom. The van der Waals surface area contributed by atoms with Crippen LogP contribution in [-0.4, -0.2) is 0 Å². The molecule has 98 valence electrons. The average molecular weight is 252 g/mol. The van der Waals surface area contributed by atoms with E-state index in [0.717, 1.165) is 22.5 Å².